The summed E-state index contributed by atoms with van der Waals surface area (Å²) in [6.45, 7) is 0.0139. The fraction of sp³-hybridized carbons (Fsp3) is 0.167. The molecule has 0 bridgehead atoms. The monoisotopic (exact) mass is 519 g/mol. The molecule has 37 heavy (non-hydrogen) atoms. The Balaban J connectivity index is 1.29. The molecule has 3 heterocycles. The van der Waals surface area contributed by atoms with Crippen molar-refractivity contribution in [3.8, 4) is 23.0 Å². The molecule has 1 atom stereocenters. The Bertz CT molecular complexity index is 1450. The number of alkyl halides is 4. The quantitative estimate of drug-likeness (QED) is 0.462. The number of anilines is 1. The Morgan fingerprint density at radius 2 is 1.43 bits per heavy atom. The average Bonchev–Trinajstić information content (AvgIpc) is 3.49. The highest BCUT2D eigenvalue weighted by Crippen LogP contribution is 2.43. The molecule has 0 fully saturated rings. The van der Waals surface area contributed by atoms with Gasteiger partial charge >= 0.3 is 18.6 Å². The molecule has 0 aliphatic carbocycles. The lowest BCUT2D eigenvalue weighted by atomic mass is 9.90. The summed E-state index contributed by atoms with van der Waals surface area (Å²) in [6, 6.07) is 12.7. The number of nitrogens with zero attached hydrogens (tertiary/aromatic N) is 2. The molecule has 8 nitrogen and oxygen atoms in total. The topological polar surface area (TPSA) is 81.6 Å². The van der Waals surface area contributed by atoms with Crippen LogP contribution in [0, 0.1) is 5.82 Å². The van der Waals surface area contributed by atoms with Crippen LogP contribution in [0.5, 0.6) is 23.0 Å². The first-order valence-corrected chi connectivity index (χ1v) is 10.8. The molecular formula is C24H14F5N3O5. The molecule has 0 saturated heterocycles. The Labute approximate surface area is 204 Å². The fourth-order valence-electron chi connectivity index (χ4n) is 4.17. The number of hydrazone groups is 1. The normalized spacial score (nSPS) is 20.1. The molecule has 1 N–H and O–H groups in total. The zero-order valence-electron chi connectivity index (χ0n) is 18.4. The zero-order chi connectivity index (χ0) is 25.9. The third-order valence-electron chi connectivity index (χ3n) is 5.77. The Hall–Kier alpha value is -4.55. The third-order valence-corrected chi connectivity index (χ3v) is 5.77. The lowest BCUT2D eigenvalue weighted by molar-refractivity contribution is -0.287. The first kappa shape index (κ1) is 22.9. The minimum Gasteiger partial charge on any atom is -0.395 e. The lowest BCUT2D eigenvalue weighted by Gasteiger charge is -2.16. The van der Waals surface area contributed by atoms with E-state index >= 15 is 0 Å². The number of hydrogen-bond acceptors (Lipinski definition) is 6. The van der Waals surface area contributed by atoms with Crippen molar-refractivity contribution in [1.82, 2.24) is 5.01 Å². The summed E-state index contributed by atoms with van der Waals surface area (Å²) in [5.74, 6) is -1.82. The van der Waals surface area contributed by atoms with Gasteiger partial charge < -0.3 is 24.3 Å². The van der Waals surface area contributed by atoms with Crippen molar-refractivity contribution in [3.05, 3.63) is 77.6 Å². The number of rotatable bonds is 3. The number of carbonyl (C=O) groups excluding carboxylic acids is 1. The van der Waals surface area contributed by atoms with Gasteiger partial charge in [-0.15, -0.1) is 17.6 Å². The summed E-state index contributed by atoms with van der Waals surface area (Å²) < 4.78 is 84.8. The number of urea groups is 1. The fourth-order valence-corrected chi connectivity index (χ4v) is 4.17. The molecule has 0 saturated carbocycles. The van der Waals surface area contributed by atoms with Gasteiger partial charge in [0.2, 0.25) is 0 Å². The van der Waals surface area contributed by atoms with Gasteiger partial charge in [0.15, 0.2) is 23.0 Å². The second-order valence-corrected chi connectivity index (χ2v) is 8.26. The molecule has 6 rings (SSSR count). The first-order chi connectivity index (χ1) is 17.6. The lowest BCUT2D eigenvalue weighted by Crippen LogP contribution is -2.30. The van der Waals surface area contributed by atoms with Crippen molar-refractivity contribution in [3.63, 3.8) is 0 Å². The maximum atomic E-state index is 13.5. The predicted molar refractivity (Wildman–Crippen MR) is 117 cm³/mol. The van der Waals surface area contributed by atoms with Gasteiger partial charge in [0.1, 0.15) is 5.82 Å². The summed E-state index contributed by atoms with van der Waals surface area (Å²) >= 11 is 0. The van der Waals surface area contributed by atoms with Crippen LogP contribution in [-0.2, 0) is 0 Å². The second kappa shape index (κ2) is 7.98. The Morgan fingerprint density at radius 3 is 2.11 bits per heavy atom. The Kier molecular flexibility index (Phi) is 4.94. The molecule has 3 aliphatic heterocycles. The maximum Gasteiger partial charge on any atom is 0.586 e. The van der Waals surface area contributed by atoms with Crippen molar-refractivity contribution in [2.75, 3.05) is 11.9 Å². The van der Waals surface area contributed by atoms with Crippen molar-refractivity contribution < 1.29 is 45.7 Å². The van der Waals surface area contributed by atoms with E-state index < -0.39 is 30.4 Å². The first-order valence-electron chi connectivity index (χ1n) is 10.8. The van der Waals surface area contributed by atoms with Crippen LogP contribution in [0.4, 0.5) is 32.4 Å². The predicted octanol–water partition coefficient (Wildman–Crippen LogP) is 5.50. The molecule has 0 aromatic heterocycles. The molecule has 1 unspecified atom stereocenters. The summed E-state index contributed by atoms with van der Waals surface area (Å²) in [6.07, 6.45) is -7.62. The summed E-state index contributed by atoms with van der Waals surface area (Å²) in [5.41, 5.74) is 1.45. The van der Waals surface area contributed by atoms with E-state index in [0.29, 0.717) is 16.8 Å². The van der Waals surface area contributed by atoms with Crippen molar-refractivity contribution in [2.45, 2.75) is 18.5 Å². The highest BCUT2D eigenvalue weighted by molar-refractivity contribution is 6.08. The van der Waals surface area contributed by atoms with Crippen LogP contribution in [0.3, 0.4) is 0 Å². The number of halogens is 5. The van der Waals surface area contributed by atoms with Crippen LogP contribution in [0.25, 0.3) is 0 Å². The van der Waals surface area contributed by atoms with Crippen LogP contribution >= 0.6 is 0 Å². The van der Waals surface area contributed by atoms with Crippen LogP contribution in [-0.4, -0.2) is 35.9 Å². The summed E-state index contributed by atoms with van der Waals surface area (Å²) in [4.78, 5) is 13.0. The van der Waals surface area contributed by atoms with Crippen molar-refractivity contribution in [1.29, 1.82) is 0 Å². The molecule has 0 radical (unpaired) electrons. The summed E-state index contributed by atoms with van der Waals surface area (Å²) in [5, 5.41) is 8.00. The van der Waals surface area contributed by atoms with Crippen LogP contribution in [0.15, 0.2) is 65.8 Å². The van der Waals surface area contributed by atoms with Crippen molar-refractivity contribution >= 4 is 17.4 Å². The number of ether oxygens (including phenoxy) is 4. The van der Waals surface area contributed by atoms with Gasteiger partial charge in [-0.2, -0.15) is 5.10 Å². The van der Waals surface area contributed by atoms with Gasteiger partial charge in [-0.05, 0) is 48.0 Å². The van der Waals surface area contributed by atoms with E-state index in [1.807, 2.05) is 0 Å². The maximum absolute atomic E-state index is 13.5. The zero-order valence-corrected chi connectivity index (χ0v) is 18.4. The number of fused-ring (bicyclic) bond motifs is 2. The molecule has 3 aromatic rings. The van der Waals surface area contributed by atoms with Gasteiger partial charge in [0.25, 0.3) is 0 Å². The molecule has 190 valence electrons. The molecular weight excluding hydrogens is 505 g/mol. The molecule has 13 heteroatoms. The minimum absolute atomic E-state index is 0.0139. The van der Waals surface area contributed by atoms with Gasteiger partial charge in [-0.3, -0.25) is 0 Å². The standard InChI is InChI=1S/C24H14F5N3O5/c25-14-4-1-12(2-5-14)16-11-32(22(33)30-15-6-8-18-20(10-15)37-24(28,29)35-18)31-21(16)13-3-7-17-19(9-13)36-23(26,27)34-17/h1-10,16H,11H2,(H,30,33). The van der Waals surface area contributed by atoms with E-state index in [1.165, 1.54) is 60.7 Å². The van der Waals surface area contributed by atoms with E-state index in [0.717, 1.165) is 5.01 Å². The minimum atomic E-state index is -3.81. The van der Waals surface area contributed by atoms with Crippen LogP contribution in [0.2, 0.25) is 0 Å². The van der Waals surface area contributed by atoms with E-state index in [1.54, 1.807) is 0 Å². The molecule has 3 aromatic carbocycles. The number of hydrogen-bond donors (Lipinski definition) is 1. The van der Waals surface area contributed by atoms with Gasteiger partial charge in [0, 0.05) is 23.2 Å². The van der Waals surface area contributed by atoms with E-state index in [9.17, 15) is 26.7 Å². The van der Waals surface area contributed by atoms with Gasteiger partial charge in [-0.25, -0.2) is 14.2 Å². The number of amides is 2. The smallest absolute Gasteiger partial charge is 0.395 e. The van der Waals surface area contributed by atoms with Crippen LogP contribution < -0.4 is 24.3 Å². The van der Waals surface area contributed by atoms with Gasteiger partial charge in [-0.1, -0.05) is 12.1 Å². The third kappa shape index (κ3) is 4.32. The number of nitrogens with one attached hydrogen (secondary N) is 1. The second-order valence-electron chi connectivity index (χ2n) is 8.26. The largest absolute Gasteiger partial charge is 0.586 e. The van der Waals surface area contributed by atoms with Crippen LogP contribution in [0.1, 0.15) is 17.0 Å². The van der Waals surface area contributed by atoms with E-state index in [2.05, 4.69) is 29.4 Å². The highest BCUT2D eigenvalue weighted by atomic mass is 19.3. The van der Waals surface area contributed by atoms with Crippen molar-refractivity contribution in [2.24, 2.45) is 5.10 Å². The SMILES string of the molecule is O=C(Nc1ccc2c(c1)OC(F)(F)O2)N1CC(c2ccc(F)cc2)C(c2ccc3c(c2)OC(F)(F)O3)=N1. The van der Waals surface area contributed by atoms with Gasteiger partial charge in [0.05, 0.1) is 12.3 Å². The molecule has 0 spiro atoms. The summed E-state index contributed by atoms with van der Waals surface area (Å²) in [7, 11) is 0. The molecule has 2 amide bonds. The van der Waals surface area contributed by atoms with E-state index in [4.69, 9.17) is 0 Å². The average molecular weight is 519 g/mol. The molecule has 3 aliphatic rings. The van der Waals surface area contributed by atoms with E-state index in [-0.39, 0.29) is 35.2 Å². The number of carbonyl (C=O) groups is 1. The highest BCUT2D eigenvalue weighted by Gasteiger charge is 2.45. The Morgan fingerprint density at radius 1 is 0.838 bits per heavy atom. The number of benzene rings is 3.